The van der Waals surface area contributed by atoms with Crippen LogP contribution in [0.2, 0.25) is 0 Å². The van der Waals surface area contributed by atoms with Gasteiger partial charge in [0.05, 0.1) is 24.7 Å². The van der Waals surface area contributed by atoms with Crippen LogP contribution in [0.3, 0.4) is 0 Å². The molecule has 0 radical (unpaired) electrons. The molecular formula is C13H18FNO4S. The quantitative estimate of drug-likeness (QED) is 0.848. The summed E-state index contributed by atoms with van der Waals surface area (Å²) in [4.78, 5) is -0.0625. The Morgan fingerprint density at radius 3 is 2.85 bits per heavy atom. The van der Waals surface area contributed by atoms with Crippen molar-refractivity contribution in [1.82, 2.24) is 4.31 Å². The topological polar surface area (TPSA) is 55.8 Å². The number of hydrogen-bond donors (Lipinski definition) is 0. The summed E-state index contributed by atoms with van der Waals surface area (Å²) >= 11 is 0. The van der Waals surface area contributed by atoms with Crippen molar-refractivity contribution in [2.45, 2.75) is 24.3 Å². The van der Waals surface area contributed by atoms with Crippen molar-refractivity contribution in [3.63, 3.8) is 0 Å². The molecule has 2 rings (SSSR count). The lowest BCUT2D eigenvalue weighted by Gasteiger charge is -2.31. The molecule has 112 valence electrons. The summed E-state index contributed by atoms with van der Waals surface area (Å²) in [5, 5.41) is 0. The Morgan fingerprint density at radius 2 is 2.25 bits per heavy atom. The maximum atomic E-state index is 13.7. The van der Waals surface area contributed by atoms with Crippen LogP contribution in [0.1, 0.15) is 13.3 Å². The summed E-state index contributed by atoms with van der Waals surface area (Å²) in [6.07, 6.45) is 0.629. The zero-order valence-corrected chi connectivity index (χ0v) is 12.3. The fraction of sp³-hybridized carbons (Fsp3) is 0.538. The highest BCUT2D eigenvalue weighted by Crippen LogP contribution is 2.24. The summed E-state index contributed by atoms with van der Waals surface area (Å²) in [6, 6.07) is 3.66. The van der Waals surface area contributed by atoms with Gasteiger partial charge in [0.15, 0.2) is 11.6 Å². The molecule has 0 aromatic heterocycles. The van der Waals surface area contributed by atoms with Crippen molar-refractivity contribution in [3.8, 4) is 5.75 Å². The van der Waals surface area contributed by atoms with Crippen LogP contribution in [0.15, 0.2) is 23.1 Å². The number of sulfonamides is 1. The minimum absolute atomic E-state index is 0.0253. The van der Waals surface area contributed by atoms with Gasteiger partial charge in [-0.3, -0.25) is 0 Å². The lowest BCUT2D eigenvalue weighted by Crippen LogP contribution is -2.45. The molecule has 20 heavy (non-hydrogen) atoms. The summed E-state index contributed by atoms with van der Waals surface area (Å²) < 4.78 is 50.2. The van der Waals surface area contributed by atoms with Crippen LogP contribution in [-0.2, 0) is 14.8 Å². The number of halogens is 1. The first kappa shape index (κ1) is 15.2. The van der Waals surface area contributed by atoms with Gasteiger partial charge in [0.1, 0.15) is 0 Å². The monoisotopic (exact) mass is 303 g/mol. The lowest BCUT2D eigenvalue weighted by atomic mass is 10.2. The van der Waals surface area contributed by atoms with E-state index >= 15 is 0 Å². The maximum absolute atomic E-state index is 13.7. The predicted octanol–water partition coefficient (Wildman–Crippen LogP) is 1.63. The normalized spacial score (nSPS) is 20.9. The number of hydrogen-bond acceptors (Lipinski definition) is 4. The van der Waals surface area contributed by atoms with Gasteiger partial charge in [0, 0.05) is 13.1 Å². The fourth-order valence-corrected chi connectivity index (χ4v) is 3.58. The molecule has 1 saturated heterocycles. The van der Waals surface area contributed by atoms with E-state index in [1.807, 2.05) is 6.92 Å². The SMILES string of the molecule is CCC1CN(S(=O)(=O)c2ccc(OC)c(F)c2)CCO1. The first-order chi connectivity index (χ1) is 9.48. The largest absolute Gasteiger partial charge is 0.494 e. The summed E-state index contributed by atoms with van der Waals surface area (Å²) in [5.74, 6) is -0.661. The predicted molar refractivity (Wildman–Crippen MR) is 71.7 cm³/mol. The highest BCUT2D eigenvalue weighted by atomic mass is 32.2. The first-order valence-electron chi connectivity index (χ1n) is 6.44. The van der Waals surface area contributed by atoms with Gasteiger partial charge >= 0.3 is 0 Å². The average molecular weight is 303 g/mol. The molecule has 1 aliphatic rings. The van der Waals surface area contributed by atoms with Crippen LogP contribution in [0, 0.1) is 5.82 Å². The van der Waals surface area contributed by atoms with Gasteiger partial charge in [-0.05, 0) is 24.6 Å². The number of rotatable bonds is 4. The van der Waals surface area contributed by atoms with Crippen LogP contribution in [0.5, 0.6) is 5.75 Å². The van der Waals surface area contributed by atoms with Gasteiger partial charge in [0.2, 0.25) is 10.0 Å². The van der Waals surface area contributed by atoms with Gasteiger partial charge in [-0.2, -0.15) is 4.31 Å². The zero-order valence-electron chi connectivity index (χ0n) is 11.5. The highest BCUT2D eigenvalue weighted by molar-refractivity contribution is 7.89. The number of ether oxygens (including phenoxy) is 2. The van der Waals surface area contributed by atoms with E-state index in [9.17, 15) is 12.8 Å². The third-order valence-electron chi connectivity index (χ3n) is 3.32. The van der Waals surface area contributed by atoms with Crippen LogP contribution >= 0.6 is 0 Å². The molecule has 1 aliphatic heterocycles. The molecule has 0 aliphatic carbocycles. The van der Waals surface area contributed by atoms with Crippen LogP contribution in [0.25, 0.3) is 0 Å². The molecule has 0 spiro atoms. The molecule has 1 aromatic carbocycles. The third-order valence-corrected chi connectivity index (χ3v) is 5.18. The molecule has 0 N–H and O–H groups in total. The van der Waals surface area contributed by atoms with Crippen molar-refractivity contribution in [2.75, 3.05) is 26.8 Å². The molecular weight excluding hydrogens is 285 g/mol. The molecule has 1 heterocycles. The Balaban J connectivity index is 2.28. The molecule has 0 saturated carbocycles. The molecule has 7 heteroatoms. The standard InChI is InChI=1S/C13H18FNO4S/c1-3-10-9-15(6-7-19-10)20(16,17)11-4-5-13(18-2)12(14)8-11/h4-5,8,10H,3,6-7,9H2,1-2H3. The Labute approximate surface area is 118 Å². The molecule has 1 fully saturated rings. The Kier molecular flexibility index (Phi) is 4.62. The van der Waals surface area contributed by atoms with Crippen molar-refractivity contribution < 1.29 is 22.3 Å². The van der Waals surface area contributed by atoms with E-state index in [0.29, 0.717) is 13.2 Å². The smallest absolute Gasteiger partial charge is 0.243 e. The second-order valence-corrected chi connectivity index (χ2v) is 6.50. The van der Waals surface area contributed by atoms with Crippen molar-refractivity contribution in [2.24, 2.45) is 0 Å². The van der Waals surface area contributed by atoms with E-state index < -0.39 is 15.8 Å². The van der Waals surface area contributed by atoms with Gasteiger partial charge < -0.3 is 9.47 Å². The van der Waals surface area contributed by atoms with Gasteiger partial charge in [-0.15, -0.1) is 0 Å². The van der Waals surface area contributed by atoms with Crippen LogP contribution in [-0.4, -0.2) is 45.6 Å². The van der Waals surface area contributed by atoms with Crippen molar-refractivity contribution in [1.29, 1.82) is 0 Å². The fourth-order valence-electron chi connectivity index (χ4n) is 2.11. The summed E-state index contributed by atoms with van der Waals surface area (Å²) in [7, 11) is -2.36. The lowest BCUT2D eigenvalue weighted by molar-refractivity contribution is -0.00278. The minimum atomic E-state index is -3.69. The van der Waals surface area contributed by atoms with Gasteiger partial charge in [0.25, 0.3) is 0 Å². The number of nitrogens with zero attached hydrogens (tertiary/aromatic N) is 1. The second kappa shape index (κ2) is 6.07. The highest BCUT2D eigenvalue weighted by Gasteiger charge is 2.30. The third kappa shape index (κ3) is 2.94. The number of morpholine rings is 1. The minimum Gasteiger partial charge on any atom is -0.494 e. The Bertz CT molecular complexity index is 576. The number of benzene rings is 1. The van der Waals surface area contributed by atoms with E-state index in [0.717, 1.165) is 12.5 Å². The van der Waals surface area contributed by atoms with E-state index in [4.69, 9.17) is 9.47 Å². The number of methoxy groups -OCH3 is 1. The molecule has 0 bridgehead atoms. The Morgan fingerprint density at radius 1 is 1.50 bits per heavy atom. The molecule has 1 atom stereocenters. The van der Waals surface area contributed by atoms with Crippen LogP contribution in [0.4, 0.5) is 4.39 Å². The summed E-state index contributed by atoms with van der Waals surface area (Å²) in [5.41, 5.74) is 0. The van der Waals surface area contributed by atoms with Gasteiger partial charge in [-0.25, -0.2) is 12.8 Å². The molecule has 1 aromatic rings. The van der Waals surface area contributed by atoms with E-state index in [2.05, 4.69) is 0 Å². The van der Waals surface area contributed by atoms with Crippen molar-refractivity contribution in [3.05, 3.63) is 24.0 Å². The van der Waals surface area contributed by atoms with Gasteiger partial charge in [-0.1, -0.05) is 6.92 Å². The van der Waals surface area contributed by atoms with Crippen molar-refractivity contribution >= 4 is 10.0 Å². The second-order valence-electron chi connectivity index (χ2n) is 4.56. The van der Waals surface area contributed by atoms with E-state index in [1.54, 1.807) is 0 Å². The molecule has 1 unspecified atom stereocenters. The molecule has 0 amide bonds. The van der Waals surface area contributed by atoms with E-state index in [1.165, 1.54) is 23.5 Å². The zero-order chi connectivity index (χ0) is 14.8. The molecule has 5 nitrogen and oxygen atoms in total. The summed E-state index contributed by atoms with van der Waals surface area (Å²) in [6.45, 7) is 2.88. The Hall–Kier alpha value is -1.18. The van der Waals surface area contributed by atoms with Crippen LogP contribution < -0.4 is 4.74 Å². The maximum Gasteiger partial charge on any atom is 0.243 e. The first-order valence-corrected chi connectivity index (χ1v) is 7.88. The van der Waals surface area contributed by atoms with E-state index in [-0.39, 0.29) is 23.3 Å². The average Bonchev–Trinajstić information content (AvgIpc) is 2.47.